The highest BCUT2D eigenvalue weighted by atomic mass is 79.9. The van der Waals surface area contributed by atoms with Crippen LogP contribution in [0.2, 0.25) is 0 Å². The zero-order valence-electron chi connectivity index (χ0n) is 8.45. The first-order valence-corrected chi connectivity index (χ1v) is 6.28. The largest absolute Gasteiger partial charge is 0.287 e. The van der Waals surface area contributed by atoms with E-state index in [2.05, 4.69) is 36.8 Å². The van der Waals surface area contributed by atoms with Crippen LogP contribution in [0.15, 0.2) is 45.5 Å². The van der Waals surface area contributed by atoms with Crippen molar-refractivity contribution in [3.8, 4) is 0 Å². The Kier molecular flexibility index (Phi) is 3.69. The maximum Gasteiger partial charge on any atom is 0.212 e. The Balaban J connectivity index is 2.44. The van der Waals surface area contributed by atoms with E-state index in [0.29, 0.717) is 4.47 Å². The van der Waals surface area contributed by atoms with E-state index in [1.54, 1.807) is 12.1 Å². The molecule has 0 aliphatic heterocycles. The minimum atomic E-state index is -0.441. The maximum atomic E-state index is 13.0. The molecule has 1 aromatic heterocycles. The lowest BCUT2D eigenvalue weighted by molar-refractivity contribution is 0.103. The van der Waals surface area contributed by atoms with Crippen LogP contribution in [-0.2, 0) is 0 Å². The normalized spacial score (nSPS) is 10.3. The predicted molar refractivity (Wildman–Crippen MR) is 69.5 cm³/mol. The molecule has 2 rings (SSSR count). The molecule has 0 radical (unpaired) electrons. The Morgan fingerprint density at radius 2 is 2.00 bits per heavy atom. The number of rotatable bonds is 2. The number of hydrogen-bond acceptors (Lipinski definition) is 2. The molecule has 86 valence electrons. The van der Waals surface area contributed by atoms with Gasteiger partial charge in [0.25, 0.3) is 0 Å². The fraction of sp³-hybridized carbons (Fsp3) is 0. The minimum absolute atomic E-state index is 0.263. The summed E-state index contributed by atoms with van der Waals surface area (Å²) in [5, 5.41) is 0. The summed E-state index contributed by atoms with van der Waals surface area (Å²) in [6.45, 7) is 0. The minimum Gasteiger partial charge on any atom is -0.287 e. The van der Waals surface area contributed by atoms with Gasteiger partial charge in [-0.15, -0.1) is 0 Å². The summed E-state index contributed by atoms with van der Waals surface area (Å²) in [6.07, 6.45) is 1.53. The van der Waals surface area contributed by atoms with Crippen molar-refractivity contribution < 1.29 is 9.18 Å². The number of carbonyl (C=O) groups is 1. The highest BCUT2D eigenvalue weighted by Gasteiger charge is 2.14. The number of benzene rings is 1. The number of nitrogens with zero attached hydrogens (tertiary/aromatic N) is 1. The van der Waals surface area contributed by atoms with Crippen LogP contribution in [0.3, 0.4) is 0 Å². The zero-order chi connectivity index (χ0) is 12.4. The van der Waals surface area contributed by atoms with Gasteiger partial charge in [0.15, 0.2) is 0 Å². The van der Waals surface area contributed by atoms with E-state index in [1.165, 1.54) is 24.4 Å². The van der Waals surface area contributed by atoms with Crippen LogP contribution in [0, 0.1) is 5.82 Å². The Morgan fingerprint density at radius 3 is 2.65 bits per heavy atom. The molecule has 17 heavy (non-hydrogen) atoms. The molecule has 0 spiro atoms. The van der Waals surface area contributed by atoms with Crippen molar-refractivity contribution in [2.24, 2.45) is 0 Å². The molecule has 0 fully saturated rings. The molecular weight excluding hydrogens is 353 g/mol. The molecule has 0 N–H and O–H groups in total. The molecule has 0 aliphatic rings. The molecular formula is C12H6Br2FNO. The molecule has 2 aromatic rings. The fourth-order valence-electron chi connectivity index (χ4n) is 1.35. The van der Waals surface area contributed by atoms with E-state index in [1.807, 2.05) is 0 Å². The topological polar surface area (TPSA) is 30.0 Å². The van der Waals surface area contributed by atoms with Gasteiger partial charge in [-0.25, -0.2) is 4.39 Å². The van der Waals surface area contributed by atoms with Crippen molar-refractivity contribution in [2.45, 2.75) is 0 Å². The second-order valence-electron chi connectivity index (χ2n) is 3.32. The lowest BCUT2D eigenvalue weighted by atomic mass is 10.1. The van der Waals surface area contributed by atoms with E-state index >= 15 is 0 Å². The van der Waals surface area contributed by atoms with Crippen molar-refractivity contribution in [1.29, 1.82) is 0 Å². The second-order valence-corrected chi connectivity index (χ2v) is 5.09. The van der Waals surface area contributed by atoms with Crippen LogP contribution in [0.4, 0.5) is 4.39 Å². The molecule has 0 amide bonds. The monoisotopic (exact) mass is 357 g/mol. The van der Waals surface area contributed by atoms with Crippen molar-refractivity contribution in [3.05, 3.63) is 62.5 Å². The molecule has 0 unspecified atom stereocenters. The Bertz CT molecular complexity index is 586. The van der Waals surface area contributed by atoms with E-state index in [9.17, 15) is 9.18 Å². The van der Waals surface area contributed by atoms with E-state index in [0.717, 1.165) is 4.47 Å². The Morgan fingerprint density at radius 1 is 1.24 bits per heavy atom. The number of ketones is 1. The van der Waals surface area contributed by atoms with Crippen molar-refractivity contribution in [1.82, 2.24) is 4.98 Å². The molecule has 1 aromatic carbocycles. The number of halogens is 3. The number of hydrogen-bond donors (Lipinski definition) is 0. The lowest BCUT2D eigenvalue weighted by Gasteiger charge is -2.03. The predicted octanol–water partition coefficient (Wildman–Crippen LogP) is 3.98. The summed E-state index contributed by atoms with van der Waals surface area (Å²) in [4.78, 5) is 16.1. The third kappa shape index (κ3) is 2.79. The summed E-state index contributed by atoms with van der Waals surface area (Å²) in [5.41, 5.74) is 0.541. The van der Waals surface area contributed by atoms with Crippen LogP contribution < -0.4 is 0 Å². The first-order valence-electron chi connectivity index (χ1n) is 4.69. The first kappa shape index (κ1) is 12.4. The van der Waals surface area contributed by atoms with Gasteiger partial charge in [-0.1, -0.05) is 12.1 Å². The molecule has 0 saturated carbocycles. The quantitative estimate of drug-likeness (QED) is 0.760. The molecule has 0 bridgehead atoms. The van der Waals surface area contributed by atoms with E-state index in [-0.39, 0.29) is 17.0 Å². The number of aromatic nitrogens is 1. The maximum absolute atomic E-state index is 13.0. The van der Waals surface area contributed by atoms with Gasteiger partial charge in [0.1, 0.15) is 11.5 Å². The highest BCUT2D eigenvalue weighted by Crippen LogP contribution is 2.22. The lowest BCUT2D eigenvalue weighted by Crippen LogP contribution is -2.05. The average molecular weight is 359 g/mol. The van der Waals surface area contributed by atoms with Crippen LogP contribution in [0.5, 0.6) is 0 Å². The first-order chi connectivity index (χ1) is 8.08. The van der Waals surface area contributed by atoms with E-state index in [4.69, 9.17) is 0 Å². The van der Waals surface area contributed by atoms with Crippen LogP contribution in [0.25, 0.3) is 0 Å². The molecule has 1 heterocycles. The van der Waals surface area contributed by atoms with Gasteiger partial charge in [-0.3, -0.25) is 9.78 Å². The Hall–Kier alpha value is -1.07. The van der Waals surface area contributed by atoms with Gasteiger partial charge in [0.05, 0.1) is 0 Å². The third-order valence-corrected chi connectivity index (χ3v) is 3.15. The van der Waals surface area contributed by atoms with Crippen LogP contribution in [-0.4, -0.2) is 10.8 Å². The standard InChI is InChI=1S/C12H6Br2FNO/c13-8-5-10(14)11(16-6-8)12(17)7-2-1-3-9(15)4-7/h1-6H. The van der Waals surface area contributed by atoms with Gasteiger partial charge in [0.2, 0.25) is 5.78 Å². The smallest absolute Gasteiger partial charge is 0.212 e. The third-order valence-electron chi connectivity index (χ3n) is 2.11. The van der Waals surface area contributed by atoms with Crippen LogP contribution >= 0.6 is 31.9 Å². The van der Waals surface area contributed by atoms with Crippen molar-refractivity contribution in [3.63, 3.8) is 0 Å². The van der Waals surface area contributed by atoms with Gasteiger partial charge >= 0.3 is 0 Å². The fourth-order valence-corrected chi connectivity index (χ4v) is 2.52. The summed E-state index contributed by atoms with van der Waals surface area (Å²) >= 11 is 6.51. The van der Waals surface area contributed by atoms with Gasteiger partial charge in [-0.2, -0.15) is 0 Å². The highest BCUT2D eigenvalue weighted by molar-refractivity contribution is 9.11. The molecule has 5 heteroatoms. The van der Waals surface area contributed by atoms with Gasteiger partial charge < -0.3 is 0 Å². The van der Waals surface area contributed by atoms with Gasteiger partial charge in [0, 0.05) is 20.7 Å². The average Bonchev–Trinajstić information content (AvgIpc) is 2.28. The molecule has 2 nitrogen and oxygen atoms in total. The molecule has 0 atom stereocenters. The summed E-state index contributed by atoms with van der Waals surface area (Å²) in [7, 11) is 0. The summed E-state index contributed by atoms with van der Waals surface area (Å²) in [5.74, 6) is -0.757. The summed E-state index contributed by atoms with van der Waals surface area (Å²) in [6, 6.07) is 7.26. The summed E-state index contributed by atoms with van der Waals surface area (Å²) < 4.78 is 14.4. The van der Waals surface area contributed by atoms with Crippen molar-refractivity contribution >= 4 is 37.6 Å². The van der Waals surface area contributed by atoms with Crippen molar-refractivity contribution in [2.75, 3.05) is 0 Å². The SMILES string of the molecule is O=C(c1cccc(F)c1)c1ncc(Br)cc1Br. The van der Waals surface area contributed by atoms with Gasteiger partial charge in [-0.05, 0) is 50.1 Å². The Labute approximate surface area is 114 Å². The van der Waals surface area contributed by atoms with Crippen LogP contribution in [0.1, 0.15) is 16.1 Å². The molecule has 0 aliphatic carbocycles. The second kappa shape index (κ2) is 5.06. The molecule has 0 saturated heterocycles. The number of carbonyl (C=O) groups excluding carboxylic acids is 1. The number of pyridine rings is 1. The van der Waals surface area contributed by atoms with E-state index < -0.39 is 5.82 Å². The zero-order valence-corrected chi connectivity index (χ0v) is 11.6.